The molecular weight excluding hydrogens is 402 g/mol. The second-order valence-electron chi connectivity index (χ2n) is 7.56. The van der Waals surface area contributed by atoms with E-state index in [4.69, 9.17) is 9.47 Å². The summed E-state index contributed by atoms with van der Waals surface area (Å²) in [5.41, 5.74) is 6.20. The highest BCUT2D eigenvalue weighted by molar-refractivity contribution is 5.90. The zero-order valence-corrected chi connectivity index (χ0v) is 17.9. The number of esters is 1. The average Bonchev–Trinajstić information content (AvgIpc) is 3.16. The van der Waals surface area contributed by atoms with E-state index in [0.29, 0.717) is 25.1 Å². The van der Waals surface area contributed by atoms with Crippen LogP contribution >= 0.6 is 0 Å². The van der Waals surface area contributed by atoms with Crippen LogP contribution in [0.15, 0.2) is 78.9 Å². The number of carbonyl (C=O) groups excluding carboxylic acids is 2. The molecule has 5 heteroatoms. The van der Waals surface area contributed by atoms with Crippen LogP contribution < -0.4 is 5.32 Å². The van der Waals surface area contributed by atoms with E-state index in [2.05, 4.69) is 29.6 Å². The van der Waals surface area contributed by atoms with Crippen LogP contribution in [0.25, 0.3) is 17.2 Å². The van der Waals surface area contributed by atoms with Gasteiger partial charge in [-0.3, -0.25) is 0 Å². The average molecular weight is 428 g/mol. The lowest BCUT2D eigenvalue weighted by Gasteiger charge is -2.14. The van der Waals surface area contributed by atoms with E-state index in [1.54, 1.807) is 18.2 Å². The SMILES string of the molecule is COC(=O)c1cccc(C=CCCNC(=O)OCC2c3ccccc3-c3ccccc32)c1. The standard InChI is InChI=1S/C27H25NO4/c1-31-26(29)20-11-8-10-19(17-20)9-6-7-16-28-27(30)32-18-25-23-14-4-2-12-21(23)22-13-3-5-15-24(22)25/h2-6,8-15,17,25H,7,16,18H2,1H3,(H,28,30). The summed E-state index contributed by atoms with van der Waals surface area (Å²) in [5.74, 6) is -0.313. The molecule has 1 N–H and O–H groups in total. The first kappa shape index (κ1) is 21.4. The molecule has 32 heavy (non-hydrogen) atoms. The van der Waals surface area contributed by atoms with Gasteiger partial charge in [0.2, 0.25) is 0 Å². The molecule has 0 heterocycles. The van der Waals surface area contributed by atoms with Crippen molar-refractivity contribution < 1.29 is 19.1 Å². The third kappa shape index (κ3) is 4.72. The lowest BCUT2D eigenvalue weighted by atomic mass is 9.98. The van der Waals surface area contributed by atoms with E-state index in [1.807, 2.05) is 42.5 Å². The van der Waals surface area contributed by atoms with E-state index in [-0.39, 0.29) is 11.9 Å². The van der Waals surface area contributed by atoms with Gasteiger partial charge in [0, 0.05) is 12.5 Å². The van der Waals surface area contributed by atoms with Gasteiger partial charge < -0.3 is 14.8 Å². The molecular formula is C27H25NO4. The molecule has 0 saturated heterocycles. The Bertz CT molecular complexity index is 1110. The van der Waals surface area contributed by atoms with Gasteiger partial charge in [0.25, 0.3) is 0 Å². The molecule has 4 rings (SSSR count). The van der Waals surface area contributed by atoms with Gasteiger partial charge in [-0.2, -0.15) is 0 Å². The number of amides is 1. The number of nitrogens with one attached hydrogen (secondary N) is 1. The van der Waals surface area contributed by atoms with Crippen LogP contribution in [0.2, 0.25) is 0 Å². The topological polar surface area (TPSA) is 64.6 Å². The van der Waals surface area contributed by atoms with Gasteiger partial charge in [0.15, 0.2) is 0 Å². The third-order valence-electron chi connectivity index (χ3n) is 5.54. The maximum atomic E-state index is 12.2. The van der Waals surface area contributed by atoms with Crippen LogP contribution in [0.1, 0.15) is 39.4 Å². The minimum Gasteiger partial charge on any atom is -0.465 e. The summed E-state index contributed by atoms with van der Waals surface area (Å²) >= 11 is 0. The van der Waals surface area contributed by atoms with Crippen LogP contribution in [-0.4, -0.2) is 32.3 Å². The molecule has 162 valence electrons. The summed E-state index contributed by atoms with van der Waals surface area (Å²) in [5, 5.41) is 2.79. The fourth-order valence-electron chi connectivity index (χ4n) is 4.01. The highest BCUT2D eigenvalue weighted by Crippen LogP contribution is 2.44. The van der Waals surface area contributed by atoms with Crippen LogP contribution in [0.5, 0.6) is 0 Å². The Labute approximate surface area is 187 Å². The second kappa shape index (κ2) is 9.96. The number of hydrogen-bond acceptors (Lipinski definition) is 4. The number of alkyl carbamates (subject to hydrolysis) is 1. The number of carbonyl (C=O) groups is 2. The first-order chi connectivity index (χ1) is 15.7. The molecule has 0 radical (unpaired) electrons. The van der Waals surface area contributed by atoms with E-state index < -0.39 is 6.09 Å². The summed E-state index contributed by atoms with van der Waals surface area (Å²) in [6.45, 7) is 0.764. The van der Waals surface area contributed by atoms with Crippen molar-refractivity contribution in [1.82, 2.24) is 5.32 Å². The number of methoxy groups -OCH3 is 1. The number of hydrogen-bond donors (Lipinski definition) is 1. The molecule has 1 amide bonds. The van der Waals surface area contributed by atoms with Crippen molar-refractivity contribution in [3.05, 3.63) is 101 Å². The fourth-order valence-corrected chi connectivity index (χ4v) is 4.01. The Kier molecular flexibility index (Phi) is 6.66. The monoisotopic (exact) mass is 427 g/mol. The number of rotatable bonds is 7. The summed E-state index contributed by atoms with van der Waals surface area (Å²) in [4.78, 5) is 23.8. The molecule has 0 unspecified atom stereocenters. The van der Waals surface area contributed by atoms with E-state index in [0.717, 1.165) is 5.56 Å². The van der Waals surface area contributed by atoms with Crippen LogP contribution in [0.4, 0.5) is 4.79 Å². The predicted molar refractivity (Wildman–Crippen MR) is 125 cm³/mol. The van der Waals surface area contributed by atoms with Crippen LogP contribution in [0.3, 0.4) is 0 Å². The molecule has 3 aromatic rings. The summed E-state index contributed by atoms with van der Waals surface area (Å²) in [6, 6.07) is 23.7. The van der Waals surface area contributed by atoms with Gasteiger partial charge in [0.05, 0.1) is 12.7 Å². The van der Waals surface area contributed by atoms with E-state index in [1.165, 1.54) is 29.4 Å². The van der Waals surface area contributed by atoms with Gasteiger partial charge in [-0.15, -0.1) is 0 Å². The molecule has 0 saturated carbocycles. The van der Waals surface area contributed by atoms with Gasteiger partial charge in [-0.25, -0.2) is 9.59 Å². The molecule has 0 atom stereocenters. The number of ether oxygens (including phenoxy) is 2. The van der Waals surface area contributed by atoms with Crippen molar-refractivity contribution in [3.8, 4) is 11.1 Å². The molecule has 1 aliphatic rings. The van der Waals surface area contributed by atoms with Gasteiger partial charge in [-0.1, -0.05) is 72.8 Å². The van der Waals surface area contributed by atoms with Crippen molar-refractivity contribution in [1.29, 1.82) is 0 Å². The Morgan fingerprint density at radius 1 is 0.938 bits per heavy atom. The summed E-state index contributed by atoms with van der Waals surface area (Å²) in [7, 11) is 1.36. The molecule has 0 bridgehead atoms. The highest BCUT2D eigenvalue weighted by atomic mass is 16.5. The Balaban J connectivity index is 1.26. The Hall–Kier alpha value is -3.86. The van der Waals surface area contributed by atoms with Gasteiger partial charge in [0.1, 0.15) is 6.61 Å². The third-order valence-corrected chi connectivity index (χ3v) is 5.54. The van der Waals surface area contributed by atoms with Crippen molar-refractivity contribution >= 4 is 18.1 Å². The lowest BCUT2D eigenvalue weighted by Crippen LogP contribution is -2.26. The van der Waals surface area contributed by atoms with Crippen molar-refractivity contribution in [2.75, 3.05) is 20.3 Å². The highest BCUT2D eigenvalue weighted by Gasteiger charge is 2.28. The van der Waals surface area contributed by atoms with E-state index in [9.17, 15) is 9.59 Å². The van der Waals surface area contributed by atoms with Crippen molar-refractivity contribution in [3.63, 3.8) is 0 Å². The number of fused-ring (bicyclic) bond motifs is 3. The second-order valence-corrected chi connectivity index (χ2v) is 7.56. The molecule has 1 aliphatic carbocycles. The fraction of sp³-hybridized carbons (Fsp3) is 0.185. The quantitative estimate of drug-likeness (QED) is 0.404. The maximum absolute atomic E-state index is 12.2. The van der Waals surface area contributed by atoms with Gasteiger partial charge >= 0.3 is 12.1 Å². The largest absolute Gasteiger partial charge is 0.465 e. The molecule has 3 aromatic carbocycles. The molecule has 0 spiro atoms. The summed E-state index contributed by atoms with van der Waals surface area (Å²) < 4.78 is 10.3. The van der Waals surface area contributed by atoms with Crippen molar-refractivity contribution in [2.24, 2.45) is 0 Å². The zero-order chi connectivity index (χ0) is 22.3. The summed E-state index contributed by atoms with van der Waals surface area (Å²) in [6.07, 6.45) is 4.08. The molecule has 0 fully saturated rings. The van der Waals surface area contributed by atoms with Crippen LogP contribution in [-0.2, 0) is 9.47 Å². The van der Waals surface area contributed by atoms with Gasteiger partial charge in [-0.05, 0) is 46.4 Å². The smallest absolute Gasteiger partial charge is 0.407 e. The predicted octanol–water partition coefficient (Wildman–Crippen LogP) is 5.42. The number of benzene rings is 3. The zero-order valence-electron chi connectivity index (χ0n) is 17.9. The first-order valence-corrected chi connectivity index (χ1v) is 10.6. The van der Waals surface area contributed by atoms with Crippen molar-refractivity contribution in [2.45, 2.75) is 12.3 Å². The molecule has 0 aliphatic heterocycles. The van der Waals surface area contributed by atoms with E-state index >= 15 is 0 Å². The molecule has 0 aromatic heterocycles. The minimum absolute atomic E-state index is 0.0510. The Morgan fingerprint density at radius 2 is 1.62 bits per heavy atom. The Morgan fingerprint density at radius 3 is 2.31 bits per heavy atom. The minimum atomic E-state index is -0.423. The van der Waals surface area contributed by atoms with Crippen LogP contribution in [0, 0.1) is 0 Å². The maximum Gasteiger partial charge on any atom is 0.407 e. The first-order valence-electron chi connectivity index (χ1n) is 10.6. The lowest BCUT2D eigenvalue weighted by molar-refractivity contribution is 0.0600. The molecule has 5 nitrogen and oxygen atoms in total. The normalized spacial score (nSPS) is 12.3.